The zero-order valence-corrected chi connectivity index (χ0v) is 8.87. The summed E-state index contributed by atoms with van der Waals surface area (Å²) in [5.41, 5.74) is -0.139. The first-order valence-corrected chi connectivity index (χ1v) is 4.87. The molecule has 0 saturated heterocycles. The minimum Gasteiger partial charge on any atom is -0.396 e. The van der Waals surface area contributed by atoms with E-state index < -0.39 is 0 Å². The first-order valence-electron chi connectivity index (χ1n) is 4.08. The van der Waals surface area contributed by atoms with Gasteiger partial charge >= 0.3 is 0 Å². The minimum absolute atomic E-state index is 0.139. The number of nitrogens with zero attached hydrogens (tertiary/aromatic N) is 3. The third-order valence-electron chi connectivity index (χ3n) is 2.23. The van der Waals surface area contributed by atoms with Crippen LogP contribution in [0.5, 0.6) is 0 Å². The topological polar surface area (TPSA) is 63.0 Å². The molecule has 1 unspecified atom stereocenters. The molecule has 1 aromatic rings. The lowest BCUT2D eigenvalue weighted by atomic mass is 9.91. The summed E-state index contributed by atoms with van der Waals surface area (Å²) in [6.07, 6.45) is 0. The highest BCUT2D eigenvalue weighted by Crippen LogP contribution is 2.26. The summed E-state index contributed by atoms with van der Waals surface area (Å²) in [5.74, 6) is 0.762. The van der Waals surface area contributed by atoms with Crippen LogP contribution in [-0.2, 0) is 6.54 Å². The highest BCUT2D eigenvalue weighted by atomic mass is 79.9. The van der Waals surface area contributed by atoms with Gasteiger partial charge in [-0.3, -0.25) is 0 Å². The maximum Gasteiger partial charge on any atom is 0.222 e. The Morgan fingerprint density at radius 2 is 2.54 bits per heavy atom. The number of aliphatic hydroxyl groups is 1. The molecule has 5 nitrogen and oxygen atoms in total. The predicted molar refractivity (Wildman–Crippen MR) is 51.4 cm³/mol. The zero-order chi connectivity index (χ0) is 9.47. The molecule has 0 aliphatic carbocycles. The van der Waals surface area contributed by atoms with Crippen LogP contribution in [0.25, 0.3) is 0 Å². The van der Waals surface area contributed by atoms with E-state index in [1.165, 1.54) is 0 Å². The number of hydrogen-bond acceptors (Lipinski definition) is 4. The van der Waals surface area contributed by atoms with Crippen molar-refractivity contribution in [2.45, 2.75) is 13.5 Å². The number of aliphatic hydroxyl groups excluding tert-OH is 1. The lowest BCUT2D eigenvalue weighted by molar-refractivity contribution is 0.124. The van der Waals surface area contributed by atoms with Crippen molar-refractivity contribution in [1.29, 1.82) is 0 Å². The first-order chi connectivity index (χ1) is 6.13. The maximum atomic E-state index is 9.17. The third kappa shape index (κ3) is 1.55. The smallest absolute Gasteiger partial charge is 0.222 e. The van der Waals surface area contributed by atoms with Crippen LogP contribution in [-0.4, -0.2) is 33.0 Å². The van der Waals surface area contributed by atoms with Crippen LogP contribution in [0.15, 0.2) is 4.73 Å². The molecule has 1 aliphatic heterocycles. The molecule has 2 heterocycles. The molecule has 0 amide bonds. The van der Waals surface area contributed by atoms with Gasteiger partial charge in [0.1, 0.15) is 0 Å². The molecule has 0 radical (unpaired) electrons. The highest BCUT2D eigenvalue weighted by Gasteiger charge is 2.30. The van der Waals surface area contributed by atoms with Crippen molar-refractivity contribution in [1.82, 2.24) is 14.8 Å². The van der Waals surface area contributed by atoms with E-state index in [2.05, 4.69) is 31.3 Å². The molecule has 2 N–H and O–H groups in total. The van der Waals surface area contributed by atoms with Crippen molar-refractivity contribution < 1.29 is 5.11 Å². The van der Waals surface area contributed by atoms with Crippen molar-refractivity contribution in [2.24, 2.45) is 5.41 Å². The Balaban J connectivity index is 2.28. The molecule has 0 aromatic carbocycles. The van der Waals surface area contributed by atoms with E-state index in [0.29, 0.717) is 11.3 Å². The number of aromatic nitrogens is 3. The molecule has 0 spiro atoms. The Morgan fingerprint density at radius 3 is 3.23 bits per heavy atom. The molecular weight excluding hydrogens is 236 g/mol. The van der Waals surface area contributed by atoms with Crippen molar-refractivity contribution >= 4 is 21.9 Å². The fraction of sp³-hybridized carbons (Fsp3) is 0.714. The molecule has 0 saturated carbocycles. The molecule has 1 atom stereocenters. The zero-order valence-electron chi connectivity index (χ0n) is 7.29. The van der Waals surface area contributed by atoms with Gasteiger partial charge in [0.2, 0.25) is 10.7 Å². The summed E-state index contributed by atoms with van der Waals surface area (Å²) in [6, 6.07) is 0. The van der Waals surface area contributed by atoms with E-state index in [1.807, 2.05) is 6.92 Å². The number of rotatable bonds is 1. The summed E-state index contributed by atoms with van der Waals surface area (Å²) < 4.78 is 2.35. The van der Waals surface area contributed by atoms with E-state index in [9.17, 15) is 0 Å². The van der Waals surface area contributed by atoms with Gasteiger partial charge in [0, 0.05) is 12.0 Å². The third-order valence-corrected chi connectivity index (χ3v) is 2.57. The monoisotopic (exact) mass is 246 g/mol. The Bertz CT molecular complexity index is 326. The van der Waals surface area contributed by atoms with Gasteiger partial charge in [0.05, 0.1) is 13.2 Å². The van der Waals surface area contributed by atoms with Gasteiger partial charge in [-0.15, -0.1) is 5.10 Å². The standard InChI is InChI=1S/C7H11BrN4O/c1-7(4-13)2-9-6-10-5(8)11-12(6)3-7/h13H,2-4H2,1H3,(H,9,10,11). The Hall–Kier alpha value is -0.620. The van der Waals surface area contributed by atoms with Gasteiger partial charge in [-0.1, -0.05) is 6.92 Å². The number of nitrogens with one attached hydrogen (secondary N) is 1. The molecule has 72 valence electrons. The average Bonchev–Trinajstić information content (AvgIpc) is 2.44. The predicted octanol–water partition coefficient (Wildman–Crippen LogP) is 0.465. The van der Waals surface area contributed by atoms with Crippen LogP contribution < -0.4 is 5.32 Å². The highest BCUT2D eigenvalue weighted by molar-refractivity contribution is 9.10. The molecule has 1 aromatic heterocycles. The molecule has 0 bridgehead atoms. The quantitative estimate of drug-likeness (QED) is 0.757. The van der Waals surface area contributed by atoms with Gasteiger partial charge in [-0.25, -0.2) is 4.68 Å². The molecule has 1 aliphatic rings. The summed E-state index contributed by atoms with van der Waals surface area (Å²) >= 11 is 3.21. The summed E-state index contributed by atoms with van der Waals surface area (Å²) in [4.78, 5) is 4.13. The van der Waals surface area contributed by atoms with Crippen molar-refractivity contribution in [3.05, 3.63) is 4.73 Å². The molecule has 6 heteroatoms. The molecular formula is C7H11BrN4O. The van der Waals surface area contributed by atoms with Crippen LogP contribution in [0, 0.1) is 5.41 Å². The van der Waals surface area contributed by atoms with Gasteiger partial charge in [-0.05, 0) is 15.9 Å². The number of fused-ring (bicyclic) bond motifs is 1. The Morgan fingerprint density at radius 1 is 1.77 bits per heavy atom. The minimum atomic E-state index is -0.139. The second-order valence-corrected chi connectivity index (χ2v) is 4.39. The van der Waals surface area contributed by atoms with E-state index >= 15 is 0 Å². The summed E-state index contributed by atoms with van der Waals surface area (Å²) in [6.45, 7) is 3.59. The maximum absolute atomic E-state index is 9.17. The number of anilines is 1. The van der Waals surface area contributed by atoms with Gasteiger partial charge in [0.15, 0.2) is 0 Å². The van der Waals surface area contributed by atoms with E-state index in [1.54, 1.807) is 4.68 Å². The van der Waals surface area contributed by atoms with E-state index in [0.717, 1.165) is 12.5 Å². The largest absolute Gasteiger partial charge is 0.396 e. The van der Waals surface area contributed by atoms with Crippen molar-refractivity contribution in [2.75, 3.05) is 18.5 Å². The fourth-order valence-electron chi connectivity index (χ4n) is 1.37. The molecule has 13 heavy (non-hydrogen) atoms. The van der Waals surface area contributed by atoms with Crippen molar-refractivity contribution in [3.8, 4) is 0 Å². The summed E-state index contributed by atoms with van der Waals surface area (Å²) in [7, 11) is 0. The second-order valence-electron chi connectivity index (χ2n) is 3.68. The van der Waals surface area contributed by atoms with Crippen LogP contribution >= 0.6 is 15.9 Å². The first kappa shape index (κ1) is 8.96. The number of halogens is 1. The molecule has 0 fully saturated rings. The van der Waals surface area contributed by atoms with Crippen molar-refractivity contribution in [3.63, 3.8) is 0 Å². The molecule has 2 rings (SSSR count). The van der Waals surface area contributed by atoms with Gasteiger partial charge in [0.25, 0.3) is 0 Å². The van der Waals surface area contributed by atoms with E-state index in [-0.39, 0.29) is 12.0 Å². The lowest BCUT2D eigenvalue weighted by Crippen LogP contribution is -2.40. The van der Waals surface area contributed by atoms with E-state index in [4.69, 9.17) is 5.11 Å². The normalized spacial score (nSPS) is 26.7. The number of hydrogen-bond donors (Lipinski definition) is 2. The van der Waals surface area contributed by atoms with Crippen LogP contribution in [0.1, 0.15) is 6.92 Å². The van der Waals surface area contributed by atoms with Crippen LogP contribution in [0.3, 0.4) is 0 Å². The SMILES string of the molecule is CC1(CO)CNc2nc(Br)nn2C1. The Kier molecular flexibility index (Phi) is 2.03. The summed E-state index contributed by atoms with van der Waals surface area (Å²) in [5, 5.41) is 16.4. The average molecular weight is 247 g/mol. The lowest BCUT2D eigenvalue weighted by Gasteiger charge is -2.31. The van der Waals surface area contributed by atoms with Gasteiger partial charge in [-0.2, -0.15) is 4.98 Å². The van der Waals surface area contributed by atoms with Crippen LogP contribution in [0.2, 0.25) is 0 Å². The van der Waals surface area contributed by atoms with Gasteiger partial charge < -0.3 is 10.4 Å². The fourth-order valence-corrected chi connectivity index (χ4v) is 1.73. The van der Waals surface area contributed by atoms with Crippen LogP contribution in [0.4, 0.5) is 5.95 Å². The Labute approximate surface area is 84.3 Å². The second kappa shape index (κ2) is 2.95.